The maximum absolute atomic E-state index is 9.91. The topological polar surface area (TPSA) is 51.6 Å². The quantitative estimate of drug-likeness (QED) is 0.784. The molecule has 2 aromatic carbocycles. The van der Waals surface area contributed by atoms with E-state index < -0.39 is 0 Å². The molecule has 0 amide bonds. The number of rotatable bonds is 4. The minimum absolute atomic E-state index is 0.00198. The third kappa shape index (κ3) is 2.76. The van der Waals surface area contributed by atoms with Gasteiger partial charge in [-0.15, -0.1) is 11.3 Å². The summed E-state index contributed by atoms with van der Waals surface area (Å²) in [5.41, 5.74) is 1.86. The zero-order chi connectivity index (χ0) is 15.5. The molecule has 3 aromatic rings. The van der Waals surface area contributed by atoms with Crippen LogP contribution in [0.3, 0.4) is 0 Å². The maximum Gasteiger partial charge on any atom is 0.200 e. The van der Waals surface area contributed by atoms with Crippen LogP contribution in [-0.2, 0) is 0 Å². The van der Waals surface area contributed by atoms with Crippen molar-refractivity contribution in [3.05, 3.63) is 47.0 Å². The highest BCUT2D eigenvalue weighted by Crippen LogP contribution is 2.37. The van der Waals surface area contributed by atoms with Gasteiger partial charge in [0.1, 0.15) is 5.01 Å². The van der Waals surface area contributed by atoms with Gasteiger partial charge in [0.25, 0.3) is 0 Å². The Morgan fingerprint density at radius 2 is 1.73 bits per heavy atom. The first-order chi connectivity index (χ1) is 10.7. The predicted molar refractivity (Wildman–Crippen MR) is 89.8 cm³/mol. The molecule has 0 radical (unpaired) electrons. The summed E-state index contributed by atoms with van der Waals surface area (Å²) in [7, 11) is 3.02. The molecule has 0 atom stereocenters. The number of para-hydroxylation sites is 1. The van der Waals surface area contributed by atoms with Crippen molar-refractivity contribution >= 4 is 33.7 Å². The van der Waals surface area contributed by atoms with E-state index in [4.69, 9.17) is 9.47 Å². The lowest BCUT2D eigenvalue weighted by atomic mass is 10.1. The summed E-state index contributed by atoms with van der Waals surface area (Å²) in [5.74, 6) is 0.758. The van der Waals surface area contributed by atoms with Crippen LogP contribution in [0, 0.1) is 0 Å². The fourth-order valence-corrected chi connectivity index (χ4v) is 3.01. The number of ether oxygens (including phenoxy) is 2. The fraction of sp³-hybridized carbons (Fsp3) is 0.118. The molecule has 5 heteroatoms. The normalized spacial score (nSPS) is 11.2. The van der Waals surface area contributed by atoms with Crippen LogP contribution in [0.15, 0.2) is 36.4 Å². The summed E-state index contributed by atoms with van der Waals surface area (Å²) in [5, 5.41) is 10.8. The summed E-state index contributed by atoms with van der Waals surface area (Å²) in [4.78, 5) is 4.55. The number of nitrogens with zero attached hydrogens (tertiary/aromatic N) is 1. The molecule has 112 valence electrons. The standard InChI is InChI=1S/C17H15NO3S/c1-20-13-9-11(10-14(21-2)17(13)19)7-8-16-18-12-5-3-4-6-15(12)22-16/h3-10,19H,1-2H3/b8-7+. The lowest BCUT2D eigenvalue weighted by molar-refractivity contribution is 0.340. The van der Waals surface area contributed by atoms with Gasteiger partial charge in [-0.3, -0.25) is 0 Å². The highest BCUT2D eigenvalue weighted by Gasteiger charge is 2.10. The van der Waals surface area contributed by atoms with E-state index in [2.05, 4.69) is 11.1 Å². The van der Waals surface area contributed by atoms with E-state index in [1.165, 1.54) is 14.2 Å². The highest BCUT2D eigenvalue weighted by atomic mass is 32.1. The second-order valence-corrected chi connectivity index (χ2v) is 5.69. The summed E-state index contributed by atoms with van der Waals surface area (Å²) in [6, 6.07) is 11.5. The van der Waals surface area contributed by atoms with Crippen molar-refractivity contribution in [1.82, 2.24) is 4.98 Å². The molecule has 4 nitrogen and oxygen atoms in total. The average molecular weight is 313 g/mol. The Kier molecular flexibility index (Phi) is 3.98. The first-order valence-corrected chi connectivity index (χ1v) is 7.51. The third-order valence-electron chi connectivity index (χ3n) is 3.23. The number of phenols is 1. The van der Waals surface area contributed by atoms with Crippen LogP contribution in [0.5, 0.6) is 17.2 Å². The number of methoxy groups -OCH3 is 2. The van der Waals surface area contributed by atoms with Crippen LogP contribution in [-0.4, -0.2) is 24.3 Å². The smallest absolute Gasteiger partial charge is 0.200 e. The lowest BCUT2D eigenvalue weighted by Crippen LogP contribution is -1.90. The third-order valence-corrected chi connectivity index (χ3v) is 4.23. The second kappa shape index (κ2) is 6.07. The number of hydrogen-bond donors (Lipinski definition) is 1. The SMILES string of the molecule is COc1cc(/C=C/c2nc3ccccc3s2)cc(OC)c1O. The molecule has 0 fully saturated rings. The molecular formula is C17H15NO3S. The summed E-state index contributed by atoms with van der Waals surface area (Å²) in [6.07, 6.45) is 3.86. The monoisotopic (exact) mass is 313 g/mol. The van der Waals surface area contributed by atoms with E-state index in [9.17, 15) is 5.11 Å². The molecule has 0 saturated heterocycles. The van der Waals surface area contributed by atoms with E-state index >= 15 is 0 Å². The van der Waals surface area contributed by atoms with E-state index in [0.29, 0.717) is 11.5 Å². The number of benzene rings is 2. The minimum atomic E-state index is 0.00198. The van der Waals surface area contributed by atoms with Gasteiger partial charge >= 0.3 is 0 Å². The molecule has 22 heavy (non-hydrogen) atoms. The number of hydrogen-bond acceptors (Lipinski definition) is 5. The molecule has 3 rings (SSSR count). The van der Waals surface area contributed by atoms with E-state index in [-0.39, 0.29) is 5.75 Å². The maximum atomic E-state index is 9.91. The average Bonchev–Trinajstić information content (AvgIpc) is 2.96. The molecule has 0 aliphatic heterocycles. The molecule has 1 aromatic heterocycles. The van der Waals surface area contributed by atoms with Crippen molar-refractivity contribution in [2.45, 2.75) is 0 Å². The lowest BCUT2D eigenvalue weighted by Gasteiger charge is -2.09. The van der Waals surface area contributed by atoms with Gasteiger partial charge < -0.3 is 14.6 Å². The van der Waals surface area contributed by atoms with Gasteiger partial charge in [-0.25, -0.2) is 4.98 Å². The molecule has 0 aliphatic rings. The van der Waals surface area contributed by atoms with Crippen molar-refractivity contribution in [2.24, 2.45) is 0 Å². The van der Waals surface area contributed by atoms with Crippen molar-refractivity contribution in [3.63, 3.8) is 0 Å². The Labute approximate surface area is 132 Å². The van der Waals surface area contributed by atoms with Crippen LogP contribution in [0.25, 0.3) is 22.4 Å². The van der Waals surface area contributed by atoms with Crippen LogP contribution in [0.2, 0.25) is 0 Å². The largest absolute Gasteiger partial charge is 0.502 e. The van der Waals surface area contributed by atoms with Gasteiger partial charge in [0, 0.05) is 0 Å². The Bertz CT molecular complexity index is 781. The van der Waals surface area contributed by atoms with E-state index in [1.807, 2.05) is 30.4 Å². The molecule has 0 unspecified atom stereocenters. The summed E-state index contributed by atoms with van der Waals surface area (Å²) >= 11 is 1.63. The van der Waals surface area contributed by atoms with E-state index in [1.54, 1.807) is 23.5 Å². The van der Waals surface area contributed by atoms with Crippen molar-refractivity contribution in [3.8, 4) is 17.2 Å². The molecular weight excluding hydrogens is 298 g/mol. The highest BCUT2D eigenvalue weighted by molar-refractivity contribution is 7.19. The number of phenolic OH excluding ortho intramolecular Hbond substituents is 1. The van der Waals surface area contributed by atoms with Gasteiger partial charge in [-0.1, -0.05) is 18.2 Å². The minimum Gasteiger partial charge on any atom is -0.502 e. The molecule has 0 bridgehead atoms. The zero-order valence-corrected chi connectivity index (χ0v) is 13.1. The van der Waals surface area contributed by atoms with Crippen molar-refractivity contribution in [1.29, 1.82) is 0 Å². The Morgan fingerprint density at radius 3 is 2.36 bits per heavy atom. The molecule has 0 aliphatic carbocycles. The number of aromatic nitrogens is 1. The first kappa shape index (κ1) is 14.4. The molecule has 1 N–H and O–H groups in total. The van der Waals surface area contributed by atoms with Crippen LogP contribution >= 0.6 is 11.3 Å². The number of aromatic hydroxyl groups is 1. The van der Waals surface area contributed by atoms with Crippen LogP contribution in [0.4, 0.5) is 0 Å². The summed E-state index contributed by atoms with van der Waals surface area (Å²) in [6.45, 7) is 0. The van der Waals surface area contributed by atoms with Gasteiger partial charge in [-0.2, -0.15) is 0 Å². The summed E-state index contributed by atoms with van der Waals surface area (Å²) < 4.78 is 11.5. The molecule has 0 saturated carbocycles. The van der Waals surface area contributed by atoms with E-state index in [0.717, 1.165) is 20.8 Å². The predicted octanol–water partition coefficient (Wildman–Crippen LogP) is 4.19. The van der Waals surface area contributed by atoms with Crippen LogP contribution < -0.4 is 9.47 Å². The molecule has 1 heterocycles. The van der Waals surface area contributed by atoms with Gasteiger partial charge in [0.05, 0.1) is 24.4 Å². The number of thiazole rings is 1. The van der Waals surface area contributed by atoms with Crippen molar-refractivity contribution < 1.29 is 14.6 Å². The zero-order valence-electron chi connectivity index (χ0n) is 12.2. The first-order valence-electron chi connectivity index (χ1n) is 6.70. The van der Waals surface area contributed by atoms with Gasteiger partial charge in [-0.05, 0) is 35.9 Å². The Hall–Kier alpha value is -2.53. The number of fused-ring (bicyclic) bond motifs is 1. The van der Waals surface area contributed by atoms with Crippen LogP contribution in [0.1, 0.15) is 10.6 Å². The van der Waals surface area contributed by atoms with Gasteiger partial charge in [0.15, 0.2) is 11.5 Å². The fourth-order valence-electron chi connectivity index (χ4n) is 2.14. The second-order valence-electron chi connectivity index (χ2n) is 4.63. The Balaban J connectivity index is 1.94. The van der Waals surface area contributed by atoms with Gasteiger partial charge in [0.2, 0.25) is 5.75 Å². The van der Waals surface area contributed by atoms with Crippen molar-refractivity contribution in [2.75, 3.05) is 14.2 Å². The molecule has 0 spiro atoms. The Morgan fingerprint density at radius 1 is 1.05 bits per heavy atom.